The standard InChI is InChI=1S/C16H23F2N7.HI/c1-12-3-6-23(10-13(12)24-7-4-20-11-24)16(19-2)22-9-14-21-5-8-25(14)15(17)18;/h4-5,7-8,11-13,15H,3,6,9-10H2,1-2H3,(H,19,22);1H. The van der Waals surface area contributed by atoms with Crippen molar-refractivity contribution in [1.29, 1.82) is 0 Å². The van der Waals surface area contributed by atoms with Crippen LogP contribution in [-0.2, 0) is 6.54 Å². The Balaban J connectivity index is 0.00000243. The van der Waals surface area contributed by atoms with Crippen LogP contribution < -0.4 is 5.32 Å². The van der Waals surface area contributed by atoms with Gasteiger partial charge < -0.3 is 14.8 Å². The number of hydrogen-bond acceptors (Lipinski definition) is 3. The van der Waals surface area contributed by atoms with Gasteiger partial charge in [-0.15, -0.1) is 24.0 Å². The molecule has 3 heterocycles. The quantitative estimate of drug-likeness (QED) is 0.417. The molecule has 0 radical (unpaired) electrons. The zero-order chi connectivity index (χ0) is 17.8. The average molecular weight is 479 g/mol. The number of aromatic nitrogens is 4. The number of nitrogens with zero attached hydrogens (tertiary/aromatic N) is 6. The van der Waals surface area contributed by atoms with Gasteiger partial charge >= 0.3 is 6.55 Å². The third-order valence-corrected chi connectivity index (χ3v) is 4.70. The topological polar surface area (TPSA) is 63.3 Å². The zero-order valence-electron chi connectivity index (χ0n) is 14.8. The first-order chi connectivity index (χ1) is 12.1. The molecule has 0 saturated carbocycles. The predicted octanol–water partition coefficient (Wildman–Crippen LogP) is 2.75. The summed E-state index contributed by atoms with van der Waals surface area (Å²) in [6.45, 7) is 1.50. The van der Waals surface area contributed by atoms with Gasteiger partial charge in [-0.2, -0.15) is 8.78 Å². The molecule has 1 fully saturated rings. The fourth-order valence-corrected chi connectivity index (χ4v) is 3.24. The Kier molecular flexibility index (Phi) is 7.35. The summed E-state index contributed by atoms with van der Waals surface area (Å²) in [6.07, 6.45) is 9.27. The van der Waals surface area contributed by atoms with E-state index < -0.39 is 6.55 Å². The third-order valence-electron chi connectivity index (χ3n) is 4.70. The van der Waals surface area contributed by atoms with Crippen LogP contribution in [0.3, 0.4) is 0 Å². The normalized spacial score (nSPS) is 21.0. The van der Waals surface area contributed by atoms with Crippen molar-refractivity contribution in [3.8, 4) is 0 Å². The van der Waals surface area contributed by atoms with Crippen LogP contribution in [0.25, 0.3) is 0 Å². The fourth-order valence-electron chi connectivity index (χ4n) is 3.24. The van der Waals surface area contributed by atoms with Crippen molar-refractivity contribution in [2.24, 2.45) is 10.9 Å². The monoisotopic (exact) mass is 479 g/mol. The first-order valence-corrected chi connectivity index (χ1v) is 8.33. The van der Waals surface area contributed by atoms with Crippen LogP contribution >= 0.6 is 24.0 Å². The van der Waals surface area contributed by atoms with Gasteiger partial charge in [0, 0.05) is 44.9 Å². The molecule has 2 unspecified atom stereocenters. The highest BCUT2D eigenvalue weighted by molar-refractivity contribution is 14.0. The molecular formula is C16H24F2IN7. The molecule has 10 heteroatoms. The second-order valence-electron chi connectivity index (χ2n) is 6.22. The Bertz CT molecular complexity index is 701. The van der Waals surface area contributed by atoms with E-state index in [1.54, 1.807) is 13.2 Å². The van der Waals surface area contributed by atoms with Crippen LogP contribution in [0.1, 0.15) is 31.8 Å². The second kappa shape index (κ2) is 9.28. The lowest BCUT2D eigenvalue weighted by Crippen LogP contribution is -2.48. The maximum atomic E-state index is 12.9. The Morgan fingerprint density at radius 1 is 1.38 bits per heavy atom. The molecule has 144 valence electrons. The summed E-state index contributed by atoms with van der Waals surface area (Å²) >= 11 is 0. The van der Waals surface area contributed by atoms with E-state index in [1.807, 2.05) is 12.5 Å². The molecule has 0 spiro atoms. The van der Waals surface area contributed by atoms with Crippen LogP contribution in [0.5, 0.6) is 0 Å². The number of rotatable bonds is 4. The number of imidazole rings is 2. The van der Waals surface area contributed by atoms with Crippen LogP contribution in [0, 0.1) is 5.92 Å². The van der Waals surface area contributed by atoms with E-state index in [-0.39, 0.29) is 36.3 Å². The molecule has 2 atom stereocenters. The number of guanidine groups is 1. The van der Waals surface area contributed by atoms with E-state index in [1.165, 1.54) is 12.4 Å². The van der Waals surface area contributed by atoms with Crippen LogP contribution in [0.4, 0.5) is 8.78 Å². The maximum absolute atomic E-state index is 12.9. The number of alkyl halides is 2. The number of halogens is 3. The highest BCUT2D eigenvalue weighted by Crippen LogP contribution is 2.27. The van der Waals surface area contributed by atoms with Crippen molar-refractivity contribution in [2.45, 2.75) is 32.5 Å². The average Bonchev–Trinajstić information content (AvgIpc) is 3.28. The summed E-state index contributed by atoms with van der Waals surface area (Å²) in [4.78, 5) is 14.6. The minimum absolute atomic E-state index is 0. The minimum Gasteiger partial charge on any atom is -0.349 e. The lowest BCUT2D eigenvalue weighted by atomic mass is 9.93. The molecule has 0 aromatic carbocycles. The van der Waals surface area contributed by atoms with Crippen molar-refractivity contribution >= 4 is 29.9 Å². The molecule has 7 nitrogen and oxygen atoms in total. The molecule has 1 aliphatic heterocycles. The summed E-state index contributed by atoms with van der Waals surface area (Å²) in [5.41, 5.74) is 0. The number of piperidine rings is 1. The van der Waals surface area contributed by atoms with Gasteiger partial charge in [-0.1, -0.05) is 6.92 Å². The summed E-state index contributed by atoms with van der Waals surface area (Å²) in [5.74, 6) is 1.51. The first-order valence-electron chi connectivity index (χ1n) is 8.33. The van der Waals surface area contributed by atoms with Crippen molar-refractivity contribution in [3.63, 3.8) is 0 Å². The van der Waals surface area contributed by atoms with Crippen molar-refractivity contribution in [3.05, 3.63) is 36.9 Å². The SMILES string of the molecule is CN=C(NCc1nccn1C(F)F)N1CCC(C)C(n2ccnc2)C1.I. The maximum Gasteiger partial charge on any atom is 0.319 e. The van der Waals surface area contributed by atoms with E-state index >= 15 is 0 Å². The molecule has 0 bridgehead atoms. The molecule has 0 amide bonds. The van der Waals surface area contributed by atoms with Gasteiger partial charge in [0.2, 0.25) is 0 Å². The Morgan fingerprint density at radius 3 is 2.85 bits per heavy atom. The second-order valence-corrected chi connectivity index (χ2v) is 6.22. The van der Waals surface area contributed by atoms with Gasteiger partial charge in [-0.05, 0) is 12.3 Å². The molecule has 0 aliphatic carbocycles. The first kappa shape index (κ1) is 20.6. The Hall–Kier alpha value is -1.72. The number of hydrogen-bond donors (Lipinski definition) is 1. The lowest BCUT2D eigenvalue weighted by molar-refractivity contribution is 0.0668. The summed E-state index contributed by atoms with van der Waals surface area (Å²) in [5, 5.41) is 3.15. The lowest BCUT2D eigenvalue weighted by Gasteiger charge is -2.39. The van der Waals surface area contributed by atoms with Gasteiger partial charge in [-0.25, -0.2) is 9.97 Å². The molecule has 2 aromatic rings. The molecule has 1 aliphatic rings. The van der Waals surface area contributed by atoms with Crippen LogP contribution in [-0.4, -0.2) is 50.1 Å². The zero-order valence-corrected chi connectivity index (χ0v) is 17.1. The predicted molar refractivity (Wildman–Crippen MR) is 106 cm³/mol. The van der Waals surface area contributed by atoms with E-state index in [2.05, 4.69) is 36.7 Å². The highest BCUT2D eigenvalue weighted by Gasteiger charge is 2.29. The Labute approximate surface area is 168 Å². The highest BCUT2D eigenvalue weighted by atomic mass is 127. The van der Waals surface area contributed by atoms with E-state index in [0.717, 1.165) is 24.1 Å². The molecule has 3 rings (SSSR count). The van der Waals surface area contributed by atoms with Crippen LogP contribution in [0.15, 0.2) is 36.1 Å². The largest absolute Gasteiger partial charge is 0.349 e. The van der Waals surface area contributed by atoms with E-state index in [0.29, 0.717) is 17.9 Å². The minimum atomic E-state index is -2.59. The summed E-state index contributed by atoms with van der Waals surface area (Å²) < 4.78 is 28.8. The smallest absolute Gasteiger partial charge is 0.319 e. The van der Waals surface area contributed by atoms with Gasteiger partial charge in [0.05, 0.1) is 18.9 Å². The third kappa shape index (κ3) is 4.51. The van der Waals surface area contributed by atoms with Gasteiger partial charge in [-0.3, -0.25) is 9.56 Å². The van der Waals surface area contributed by atoms with Gasteiger partial charge in [0.15, 0.2) is 5.96 Å². The molecule has 2 aromatic heterocycles. The van der Waals surface area contributed by atoms with Crippen LogP contribution in [0.2, 0.25) is 0 Å². The van der Waals surface area contributed by atoms with Crippen molar-refractivity contribution < 1.29 is 8.78 Å². The van der Waals surface area contributed by atoms with Crippen molar-refractivity contribution in [2.75, 3.05) is 20.1 Å². The summed E-state index contributed by atoms with van der Waals surface area (Å²) in [7, 11) is 1.70. The number of likely N-dealkylation sites (tertiary alicyclic amines) is 1. The summed E-state index contributed by atoms with van der Waals surface area (Å²) in [6, 6.07) is 0.304. The van der Waals surface area contributed by atoms with Gasteiger partial charge in [0.25, 0.3) is 0 Å². The fraction of sp³-hybridized carbons (Fsp3) is 0.562. The van der Waals surface area contributed by atoms with Crippen molar-refractivity contribution in [1.82, 2.24) is 29.3 Å². The molecule has 1 saturated heterocycles. The number of nitrogens with one attached hydrogen (secondary N) is 1. The number of aliphatic imine (C=N–C) groups is 1. The van der Waals surface area contributed by atoms with E-state index in [4.69, 9.17) is 0 Å². The molecule has 26 heavy (non-hydrogen) atoms. The Morgan fingerprint density at radius 2 is 2.19 bits per heavy atom. The molecule has 1 N–H and O–H groups in total. The molecular weight excluding hydrogens is 455 g/mol. The van der Waals surface area contributed by atoms with Gasteiger partial charge in [0.1, 0.15) is 5.82 Å². The van der Waals surface area contributed by atoms with E-state index in [9.17, 15) is 8.78 Å².